The second-order valence-corrected chi connectivity index (χ2v) is 9.50. The van der Waals surface area contributed by atoms with Crippen molar-refractivity contribution in [2.75, 3.05) is 13.1 Å². The van der Waals surface area contributed by atoms with E-state index in [2.05, 4.69) is 0 Å². The van der Waals surface area contributed by atoms with E-state index in [4.69, 9.17) is 9.84 Å². The number of carboxylic acid groups (broad SMARTS) is 1. The number of aliphatic hydroxyl groups is 1. The third kappa shape index (κ3) is 5.46. The van der Waals surface area contributed by atoms with Crippen LogP contribution in [-0.4, -0.2) is 69.1 Å². The molecule has 7 nitrogen and oxygen atoms in total. The SMILES string of the molecule is CC(C)(C)OC(=O)N(C1CN(C(=O)O)C1)[C@H]1C[C@@H](c2cccc(C(F)(F)F)c2)CC[C@@H]1O. The fourth-order valence-electron chi connectivity index (χ4n) is 4.36. The van der Waals surface area contributed by atoms with Crippen LogP contribution in [0.1, 0.15) is 57.1 Å². The highest BCUT2D eigenvalue weighted by molar-refractivity contribution is 5.71. The summed E-state index contributed by atoms with van der Waals surface area (Å²) in [4.78, 5) is 26.8. The zero-order chi connectivity index (χ0) is 23.8. The lowest BCUT2D eigenvalue weighted by molar-refractivity contribution is -0.137. The number of hydrogen-bond donors (Lipinski definition) is 2. The average molecular weight is 458 g/mol. The van der Waals surface area contributed by atoms with Gasteiger partial charge in [0.1, 0.15) is 5.60 Å². The smallest absolute Gasteiger partial charge is 0.416 e. The summed E-state index contributed by atoms with van der Waals surface area (Å²) in [5, 5.41) is 19.9. The first kappa shape index (κ1) is 24.2. The van der Waals surface area contributed by atoms with Crippen LogP contribution in [-0.2, 0) is 10.9 Å². The van der Waals surface area contributed by atoms with Crippen molar-refractivity contribution in [1.82, 2.24) is 9.80 Å². The lowest BCUT2D eigenvalue weighted by atomic mass is 9.78. The monoisotopic (exact) mass is 458 g/mol. The van der Waals surface area contributed by atoms with Gasteiger partial charge < -0.3 is 19.8 Å². The summed E-state index contributed by atoms with van der Waals surface area (Å²) in [7, 11) is 0. The molecule has 2 N–H and O–H groups in total. The van der Waals surface area contributed by atoms with Gasteiger partial charge in [0.05, 0.1) is 23.8 Å². The molecule has 2 fully saturated rings. The Morgan fingerprint density at radius 3 is 2.38 bits per heavy atom. The minimum absolute atomic E-state index is 0.0893. The Balaban J connectivity index is 1.85. The Labute approximate surface area is 184 Å². The van der Waals surface area contributed by atoms with Gasteiger partial charge in [0.15, 0.2) is 0 Å². The molecule has 3 rings (SSSR count). The molecule has 0 unspecified atom stereocenters. The van der Waals surface area contributed by atoms with Crippen molar-refractivity contribution in [2.24, 2.45) is 0 Å². The summed E-state index contributed by atoms with van der Waals surface area (Å²) in [6.45, 7) is 5.29. The Hall–Kier alpha value is -2.49. The number of amides is 2. The maximum Gasteiger partial charge on any atom is 0.416 e. The van der Waals surface area contributed by atoms with E-state index in [0.29, 0.717) is 18.4 Å². The molecule has 0 bridgehead atoms. The molecular formula is C22H29F3N2O5. The van der Waals surface area contributed by atoms with Crippen LogP contribution >= 0.6 is 0 Å². The third-order valence-electron chi connectivity index (χ3n) is 5.95. The Morgan fingerprint density at radius 1 is 1.16 bits per heavy atom. The average Bonchev–Trinajstić information content (AvgIpc) is 2.62. The lowest BCUT2D eigenvalue weighted by Crippen LogP contribution is -2.66. The number of likely N-dealkylation sites (tertiary alicyclic amines) is 1. The maximum absolute atomic E-state index is 13.2. The van der Waals surface area contributed by atoms with Gasteiger partial charge in [-0.3, -0.25) is 4.90 Å². The van der Waals surface area contributed by atoms with Crippen LogP contribution in [0.5, 0.6) is 0 Å². The van der Waals surface area contributed by atoms with Gasteiger partial charge in [-0.1, -0.05) is 18.2 Å². The van der Waals surface area contributed by atoms with Crippen LogP contribution in [0.25, 0.3) is 0 Å². The molecular weight excluding hydrogens is 429 g/mol. The normalized spacial score (nSPS) is 24.6. The first-order chi connectivity index (χ1) is 14.8. The molecule has 1 heterocycles. The lowest BCUT2D eigenvalue weighted by Gasteiger charge is -2.49. The Morgan fingerprint density at radius 2 is 1.81 bits per heavy atom. The molecule has 1 saturated heterocycles. The van der Waals surface area contributed by atoms with Crippen molar-refractivity contribution in [2.45, 2.75) is 75.9 Å². The number of ether oxygens (including phenoxy) is 1. The number of carbonyl (C=O) groups excluding carboxylic acids is 1. The number of benzene rings is 1. The molecule has 10 heteroatoms. The zero-order valence-corrected chi connectivity index (χ0v) is 18.3. The summed E-state index contributed by atoms with van der Waals surface area (Å²) in [6.07, 6.45) is -6.07. The van der Waals surface area contributed by atoms with Crippen LogP contribution in [0.4, 0.5) is 22.8 Å². The maximum atomic E-state index is 13.2. The van der Waals surface area contributed by atoms with Gasteiger partial charge in [0.2, 0.25) is 0 Å². The summed E-state index contributed by atoms with van der Waals surface area (Å²) in [5.41, 5.74) is -1.04. The molecule has 0 spiro atoms. The summed E-state index contributed by atoms with van der Waals surface area (Å²) in [5.74, 6) is -0.286. The van der Waals surface area contributed by atoms with E-state index in [9.17, 15) is 27.9 Å². The zero-order valence-electron chi connectivity index (χ0n) is 18.3. The van der Waals surface area contributed by atoms with Gasteiger partial charge in [-0.25, -0.2) is 9.59 Å². The van der Waals surface area contributed by atoms with Crippen LogP contribution in [0.2, 0.25) is 0 Å². The molecule has 32 heavy (non-hydrogen) atoms. The minimum Gasteiger partial charge on any atom is -0.465 e. The minimum atomic E-state index is -4.46. The van der Waals surface area contributed by atoms with Crippen LogP contribution in [0.15, 0.2) is 24.3 Å². The van der Waals surface area contributed by atoms with Crippen molar-refractivity contribution in [1.29, 1.82) is 0 Å². The molecule has 178 valence electrons. The molecule has 2 aliphatic rings. The molecule has 0 aromatic heterocycles. The van der Waals surface area contributed by atoms with Gasteiger partial charge in [0, 0.05) is 13.1 Å². The molecule has 1 aromatic carbocycles. The van der Waals surface area contributed by atoms with Gasteiger partial charge in [0.25, 0.3) is 0 Å². The number of carbonyl (C=O) groups is 2. The van der Waals surface area contributed by atoms with Crippen LogP contribution in [0.3, 0.4) is 0 Å². The number of halogens is 3. The van der Waals surface area contributed by atoms with Crippen molar-refractivity contribution in [3.63, 3.8) is 0 Å². The summed E-state index contributed by atoms with van der Waals surface area (Å²) in [6, 6.07) is 3.95. The van der Waals surface area contributed by atoms with E-state index in [1.54, 1.807) is 26.8 Å². The van der Waals surface area contributed by atoms with E-state index < -0.39 is 47.7 Å². The number of nitrogens with zero attached hydrogens (tertiary/aromatic N) is 2. The fraction of sp³-hybridized carbons (Fsp3) is 0.636. The Kier molecular flexibility index (Phi) is 6.65. The topological polar surface area (TPSA) is 90.3 Å². The van der Waals surface area contributed by atoms with Crippen LogP contribution in [0, 0.1) is 0 Å². The van der Waals surface area contributed by atoms with E-state index in [-0.39, 0.29) is 25.4 Å². The molecule has 2 amide bonds. The first-order valence-corrected chi connectivity index (χ1v) is 10.6. The predicted molar refractivity (Wildman–Crippen MR) is 109 cm³/mol. The van der Waals surface area contributed by atoms with Crippen LogP contribution < -0.4 is 0 Å². The fourth-order valence-corrected chi connectivity index (χ4v) is 4.36. The number of hydrogen-bond acceptors (Lipinski definition) is 4. The highest BCUT2D eigenvalue weighted by atomic mass is 19.4. The molecule has 1 aliphatic carbocycles. The quantitative estimate of drug-likeness (QED) is 0.705. The van der Waals surface area contributed by atoms with Gasteiger partial charge in [-0.05, 0) is 57.6 Å². The molecule has 3 atom stereocenters. The van der Waals surface area contributed by atoms with E-state index in [0.717, 1.165) is 17.0 Å². The van der Waals surface area contributed by atoms with Gasteiger partial charge in [-0.2, -0.15) is 13.2 Å². The number of rotatable bonds is 3. The Bertz CT molecular complexity index is 849. The van der Waals surface area contributed by atoms with Gasteiger partial charge >= 0.3 is 18.4 Å². The first-order valence-electron chi connectivity index (χ1n) is 10.6. The number of alkyl halides is 3. The van der Waals surface area contributed by atoms with E-state index in [1.807, 2.05) is 0 Å². The molecule has 0 radical (unpaired) electrons. The summed E-state index contributed by atoms with van der Waals surface area (Å²) >= 11 is 0. The highest BCUT2D eigenvalue weighted by Gasteiger charge is 2.46. The summed E-state index contributed by atoms with van der Waals surface area (Å²) < 4.78 is 45.0. The molecule has 1 aromatic rings. The van der Waals surface area contributed by atoms with Crippen molar-refractivity contribution in [3.8, 4) is 0 Å². The predicted octanol–water partition coefficient (Wildman–Crippen LogP) is 4.30. The molecule has 1 saturated carbocycles. The standard InChI is InChI=1S/C22H29F3N2O5/c1-21(2,3)32-20(31)27(16-11-26(12-16)19(29)30)17-10-14(7-8-18(17)28)13-5-4-6-15(9-13)22(23,24)25/h4-6,9,14,16-18,28H,7-8,10-12H2,1-3H3,(H,29,30)/t14-,17-,18-/m0/s1. The number of aliphatic hydroxyl groups excluding tert-OH is 1. The third-order valence-corrected chi connectivity index (χ3v) is 5.95. The second kappa shape index (κ2) is 8.80. The van der Waals surface area contributed by atoms with Crippen molar-refractivity contribution in [3.05, 3.63) is 35.4 Å². The largest absolute Gasteiger partial charge is 0.465 e. The van der Waals surface area contributed by atoms with Crippen molar-refractivity contribution >= 4 is 12.2 Å². The van der Waals surface area contributed by atoms with E-state index in [1.165, 1.54) is 11.0 Å². The van der Waals surface area contributed by atoms with Gasteiger partial charge in [-0.15, -0.1) is 0 Å². The highest BCUT2D eigenvalue weighted by Crippen LogP contribution is 2.39. The molecule has 1 aliphatic heterocycles. The van der Waals surface area contributed by atoms with Crippen molar-refractivity contribution < 1.29 is 37.7 Å². The van der Waals surface area contributed by atoms with E-state index >= 15 is 0 Å². The second-order valence-electron chi connectivity index (χ2n) is 9.50.